The van der Waals surface area contributed by atoms with Crippen molar-refractivity contribution >= 4 is 22.9 Å². The summed E-state index contributed by atoms with van der Waals surface area (Å²) < 4.78 is 11.2. The monoisotopic (exact) mass is 309 g/mol. The minimum absolute atomic E-state index is 0.0667. The first-order chi connectivity index (χ1) is 9.69. The molecule has 0 amide bonds. The van der Waals surface area contributed by atoms with Gasteiger partial charge in [0.1, 0.15) is 13.2 Å². The largest absolute Gasteiger partial charge is 0.486 e. The molecule has 0 radical (unpaired) electrons. The summed E-state index contributed by atoms with van der Waals surface area (Å²) in [5.41, 5.74) is 1.01. The first kappa shape index (κ1) is 13.7. The maximum Gasteiger partial charge on any atom is 0.162 e. The molecule has 1 aliphatic heterocycles. The van der Waals surface area contributed by atoms with Crippen LogP contribution in [0.2, 0.25) is 5.02 Å². The number of halogens is 1. The van der Waals surface area contributed by atoms with Crippen molar-refractivity contribution in [2.45, 2.75) is 13.0 Å². The van der Waals surface area contributed by atoms with Crippen LogP contribution in [0.5, 0.6) is 11.5 Å². The SMILES string of the molecule is CNC(c1ccc(C)s1)c1cc2c(cc1Cl)OCCO2. The average Bonchev–Trinajstić information content (AvgIpc) is 2.86. The van der Waals surface area contributed by atoms with Crippen molar-refractivity contribution in [2.75, 3.05) is 20.3 Å². The fourth-order valence-electron chi connectivity index (χ4n) is 2.36. The van der Waals surface area contributed by atoms with Crippen LogP contribution in [-0.4, -0.2) is 20.3 Å². The summed E-state index contributed by atoms with van der Waals surface area (Å²) in [6.45, 7) is 3.25. The van der Waals surface area contributed by atoms with Crippen LogP contribution in [0.4, 0.5) is 0 Å². The smallest absolute Gasteiger partial charge is 0.162 e. The summed E-state index contributed by atoms with van der Waals surface area (Å²) in [5.74, 6) is 1.49. The fraction of sp³-hybridized carbons (Fsp3) is 0.333. The van der Waals surface area contributed by atoms with Gasteiger partial charge in [-0.25, -0.2) is 0 Å². The topological polar surface area (TPSA) is 30.5 Å². The second kappa shape index (κ2) is 5.64. The molecule has 1 aliphatic rings. The van der Waals surface area contributed by atoms with Crippen molar-refractivity contribution in [1.82, 2.24) is 5.32 Å². The lowest BCUT2D eigenvalue weighted by Crippen LogP contribution is -2.19. The third kappa shape index (κ3) is 2.51. The normalized spacial score (nSPS) is 15.2. The Morgan fingerprint density at radius 1 is 1.20 bits per heavy atom. The number of nitrogens with one attached hydrogen (secondary N) is 1. The Hall–Kier alpha value is -1.23. The van der Waals surface area contributed by atoms with Crippen molar-refractivity contribution in [3.05, 3.63) is 44.6 Å². The zero-order valence-electron chi connectivity index (χ0n) is 11.4. The number of aryl methyl sites for hydroxylation is 1. The van der Waals surface area contributed by atoms with Gasteiger partial charge in [-0.1, -0.05) is 11.6 Å². The Kier molecular flexibility index (Phi) is 3.87. The molecule has 20 heavy (non-hydrogen) atoms. The Labute approximate surface area is 127 Å². The maximum atomic E-state index is 6.42. The molecule has 0 spiro atoms. The van der Waals surface area contributed by atoms with Crippen LogP contribution >= 0.6 is 22.9 Å². The highest BCUT2D eigenvalue weighted by Gasteiger charge is 2.21. The number of rotatable bonds is 3. The van der Waals surface area contributed by atoms with E-state index in [0.717, 1.165) is 17.1 Å². The van der Waals surface area contributed by atoms with Gasteiger partial charge in [0.15, 0.2) is 11.5 Å². The van der Waals surface area contributed by atoms with Crippen LogP contribution < -0.4 is 14.8 Å². The molecule has 0 bridgehead atoms. The number of hydrogen-bond donors (Lipinski definition) is 1. The molecule has 3 rings (SSSR count). The number of benzene rings is 1. The summed E-state index contributed by atoms with van der Waals surface area (Å²) >= 11 is 8.19. The van der Waals surface area contributed by atoms with E-state index in [1.807, 2.05) is 19.2 Å². The third-order valence-electron chi connectivity index (χ3n) is 3.31. The molecule has 0 aliphatic carbocycles. The minimum atomic E-state index is 0.0667. The molecule has 1 N–H and O–H groups in total. The van der Waals surface area contributed by atoms with Gasteiger partial charge in [0.25, 0.3) is 0 Å². The van der Waals surface area contributed by atoms with Crippen molar-refractivity contribution in [3.63, 3.8) is 0 Å². The number of ether oxygens (including phenoxy) is 2. The zero-order chi connectivity index (χ0) is 14.1. The minimum Gasteiger partial charge on any atom is -0.486 e. The molecule has 0 saturated carbocycles. The number of hydrogen-bond acceptors (Lipinski definition) is 4. The summed E-state index contributed by atoms with van der Waals surface area (Å²) in [6, 6.07) is 8.14. The highest BCUT2D eigenvalue weighted by Crippen LogP contribution is 2.40. The summed E-state index contributed by atoms with van der Waals surface area (Å²) in [5, 5.41) is 4.02. The summed E-state index contributed by atoms with van der Waals surface area (Å²) in [6.07, 6.45) is 0. The molecular weight excluding hydrogens is 294 g/mol. The van der Waals surface area contributed by atoms with Crippen LogP contribution in [0.25, 0.3) is 0 Å². The van der Waals surface area contributed by atoms with E-state index in [4.69, 9.17) is 21.1 Å². The van der Waals surface area contributed by atoms with Gasteiger partial charge in [0, 0.05) is 20.8 Å². The lowest BCUT2D eigenvalue weighted by molar-refractivity contribution is 0.171. The van der Waals surface area contributed by atoms with Crippen molar-refractivity contribution in [2.24, 2.45) is 0 Å². The van der Waals surface area contributed by atoms with Gasteiger partial charge >= 0.3 is 0 Å². The zero-order valence-corrected chi connectivity index (χ0v) is 13.0. The molecule has 1 aromatic carbocycles. The average molecular weight is 310 g/mol. The second-order valence-electron chi connectivity index (χ2n) is 4.69. The van der Waals surface area contributed by atoms with Gasteiger partial charge in [-0.3, -0.25) is 0 Å². The summed E-state index contributed by atoms with van der Waals surface area (Å²) in [4.78, 5) is 2.53. The molecule has 0 fully saturated rings. The van der Waals surface area contributed by atoms with Crippen molar-refractivity contribution < 1.29 is 9.47 Å². The highest BCUT2D eigenvalue weighted by molar-refractivity contribution is 7.12. The predicted octanol–water partition coefficient (Wildman–Crippen LogP) is 3.79. The van der Waals surface area contributed by atoms with E-state index in [-0.39, 0.29) is 6.04 Å². The third-order valence-corrected chi connectivity index (χ3v) is 4.70. The maximum absolute atomic E-state index is 6.42. The van der Waals surface area contributed by atoms with E-state index < -0.39 is 0 Å². The predicted molar refractivity (Wildman–Crippen MR) is 82.4 cm³/mol. The Morgan fingerprint density at radius 3 is 2.50 bits per heavy atom. The number of thiophene rings is 1. The van der Waals surface area contributed by atoms with E-state index >= 15 is 0 Å². The van der Waals surface area contributed by atoms with E-state index in [1.54, 1.807) is 11.3 Å². The molecule has 2 heterocycles. The Morgan fingerprint density at radius 2 is 1.90 bits per heavy atom. The molecule has 2 aromatic rings. The van der Waals surface area contributed by atoms with E-state index in [9.17, 15) is 0 Å². The van der Waals surface area contributed by atoms with E-state index in [2.05, 4.69) is 24.4 Å². The van der Waals surface area contributed by atoms with Crippen LogP contribution in [0, 0.1) is 6.92 Å². The molecule has 1 atom stereocenters. The number of fused-ring (bicyclic) bond motifs is 1. The Balaban J connectivity index is 2.03. The van der Waals surface area contributed by atoms with Gasteiger partial charge in [-0.15, -0.1) is 11.3 Å². The van der Waals surface area contributed by atoms with Gasteiger partial charge in [-0.2, -0.15) is 0 Å². The summed E-state index contributed by atoms with van der Waals surface area (Å²) in [7, 11) is 1.94. The van der Waals surface area contributed by atoms with Crippen LogP contribution in [0.1, 0.15) is 21.4 Å². The second-order valence-corrected chi connectivity index (χ2v) is 6.41. The Bertz CT molecular complexity index is 626. The van der Waals surface area contributed by atoms with Crippen LogP contribution in [-0.2, 0) is 0 Å². The van der Waals surface area contributed by atoms with E-state index in [0.29, 0.717) is 18.2 Å². The van der Waals surface area contributed by atoms with Gasteiger partial charge in [-0.05, 0) is 37.7 Å². The molecular formula is C15H16ClNO2S. The first-order valence-electron chi connectivity index (χ1n) is 6.51. The molecule has 5 heteroatoms. The van der Waals surface area contributed by atoms with Gasteiger partial charge < -0.3 is 14.8 Å². The standard InChI is InChI=1S/C15H16ClNO2S/c1-9-3-4-14(20-9)15(17-2)10-7-12-13(8-11(10)16)19-6-5-18-12/h3-4,7-8,15,17H,5-6H2,1-2H3. The van der Waals surface area contributed by atoms with Crippen molar-refractivity contribution in [1.29, 1.82) is 0 Å². The first-order valence-corrected chi connectivity index (χ1v) is 7.71. The lowest BCUT2D eigenvalue weighted by atomic mass is 10.0. The van der Waals surface area contributed by atoms with Gasteiger partial charge in [0.2, 0.25) is 0 Å². The molecule has 106 valence electrons. The molecule has 1 unspecified atom stereocenters. The van der Waals surface area contributed by atoms with Crippen molar-refractivity contribution in [3.8, 4) is 11.5 Å². The quantitative estimate of drug-likeness (QED) is 0.935. The molecule has 1 aromatic heterocycles. The van der Waals surface area contributed by atoms with Crippen LogP contribution in [0.3, 0.4) is 0 Å². The molecule has 0 saturated heterocycles. The van der Waals surface area contributed by atoms with Crippen LogP contribution in [0.15, 0.2) is 24.3 Å². The van der Waals surface area contributed by atoms with E-state index in [1.165, 1.54) is 9.75 Å². The highest BCUT2D eigenvalue weighted by atomic mass is 35.5. The van der Waals surface area contributed by atoms with Gasteiger partial charge in [0.05, 0.1) is 6.04 Å². The molecule has 3 nitrogen and oxygen atoms in total. The lowest BCUT2D eigenvalue weighted by Gasteiger charge is -2.23. The fourth-order valence-corrected chi connectivity index (χ4v) is 3.63.